The Kier molecular flexibility index (Phi) is 5.99. The maximum atomic E-state index is 13.6. The topological polar surface area (TPSA) is 44.4 Å². The molecule has 1 aromatic rings. The molecular weight excluding hydrogens is 269 g/mol. The van der Waals surface area contributed by atoms with E-state index >= 15 is 0 Å². The minimum absolute atomic E-state index is 0.215. The number of hydrogen-bond donors (Lipinski definition) is 2. The molecule has 2 N–H and O–H groups in total. The summed E-state index contributed by atoms with van der Waals surface area (Å²) in [5.41, 5.74) is 0.241. The summed E-state index contributed by atoms with van der Waals surface area (Å²) in [6, 6.07) is 6.05. The van der Waals surface area contributed by atoms with Gasteiger partial charge in [-0.05, 0) is 50.4 Å². The van der Waals surface area contributed by atoms with Gasteiger partial charge in [0, 0.05) is 13.1 Å². The maximum absolute atomic E-state index is 13.6. The zero-order valence-corrected chi connectivity index (χ0v) is 12.6. The molecule has 2 rings (SSSR count). The molecule has 0 spiro atoms. The minimum Gasteiger partial charge on any atom is -0.324 e. The van der Waals surface area contributed by atoms with Crippen LogP contribution in [0.15, 0.2) is 24.3 Å². The third-order valence-corrected chi connectivity index (χ3v) is 3.77. The summed E-state index contributed by atoms with van der Waals surface area (Å²) in [4.78, 5) is 14.2. The molecule has 5 heteroatoms. The number of urea groups is 1. The first-order chi connectivity index (χ1) is 10.2. The molecule has 1 fully saturated rings. The van der Waals surface area contributed by atoms with Crippen LogP contribution < -0.4 is 10.6 Å². The Hall–Kier alpha value is -1.62. The highest BCUT2D eigenvalue weighted by Gasteiger charge is 2.20. The summed E-state index contributed by atoms with van der Waals surface area (Å²) in [7, 11) is 0. The maximum Gasteiger partial charge on any atom is 0.321 e. The van der Waals surface area contributed by atoms with Crippen molar-refractivity contribution in [3.63, 3.8) is 0 Å². The second-order valence-electron chi connectivity index (χ2n) is 5.57. The lowest BCUT2D eigenvalue weighted by atomic mass is 9.99. The van der Waals surface area contributed by atoms with Gasteiger partial charge in [-0.3, -0.25) is 0 Å². The van der Waals surface area contributed by atoms with Gasteiger partial charge in [-0.15, -0.1) is 0 Å². The highest BCUT2D eigenvalue weighted by Crippen LogP contribution is 2.16. The molecule has 0 saturated carbocycles. The van der Waals surface area contributed by atoms with Gasteiger partial charge in [-0.1, -0.05) is 19.1 Å². The first-order valence-corrected chi connectivity index (χ1v) is 7.72. The fraction of sp³-hybridized carbons (Fsp3) is 0.562. The number of nitrogens with zero attached hydrogens (tertiary/aromatic N) is 1. The monoisotopic (exact) mass is 293 g/mol. The van der Waals surface area contributed by atoms with E-state index < -0.39 is 5.82 Å². The summed E-state index contributed by atoms with van der Waals surface area (Å²) in [5.74, 6) is 0.0818. The Labute approximate surface area is 125 Å². The van der Waals surface area contributed by atoms with Crippen molar-refractivity contribution in [2.45, 2.75) is 26.2 Å². The van der Waals surface area contributed by atoms with Crippen LogP contribution in [0, 0.1) is 11.7 Å². The van der Waals surface area contributed by atoms with Gasteiger partial charge in [0.2, 0.25) is 0 Å². The van der Waals surface area contributed by atoms with Crippen LogP contribution in [0.1, 0.15) is 26.2 Å². The second kappa shape index (κ2) is 7.98. The van der Waals surface area contributed by atoms with Crippen molar-refractivity contribution < 1.29 is 9.18 Å². The predicted molar refractivity (Wildman–Crippen MR) is 82.9 cm³/mol. The van der Waals surface area contributed by atoms with Crippen molar-refractivity contribution in [1.29, 1.82) is 0 Å². The lowest BCUT2D eigenvalue weighted by molar-refractivity contribution is 0.193. The molecule has 0 aliphatic carbocycles. The molecule has 116 valence electrons. The molecule has 0 aromatic heterocycles. The van der Waals surface area contributed by atoms with Crippen LogP contribution in [-0.4, -0.2) is 37.1 Å². The van der Waals surface area contributed by atoms with Crippen LogP contribution in [-0.2, 0) is 0 Å². The third kappa shape index (κ3) is 4.70. The summed E-state index contributed by atoms with van der Waals surface area (Å²) in [5, 5.41) is 6.04. The number of amides is 2. The lowest BCUT2D eigenvalue weighted by Gasteiger charge is -2.30. The third-order valence-electron chi connectivity index (χ3n) is 3.77. The van der Waals surface area contributed by atoms with E-state index in [-0.39, 0.29) is 11.7 Å². The number of anilines is 1. The quantitative estimate of drug-likeness (QED) is 0.876. The molecule has 1 aromatic carbocycles. The fourth-order valence-electron chi connectivity index (χ4n) is 2.69. The van der Waals surface area contributed by atoms with E-state index in [1.54, 1.807) is 23.1 Å². The van der Waals surface area contributed by atoms with E-state index in [4.69, 9.17) is 0 Å². The number of hydrogen-bond acceptors (Lipinski definition) is 2. The molecule has 4 nitrogen and oxygen atoms in total. The van der Waals surface area contributed by atoms with Crippen LogP contribution in [0.3, 0.4) is 0 Å². The van der Waals surface area contributed by atoms with Gasteiger partial charge < -0.3 is 15.5 Å². The Morgan fingerprint density at radius 2 is 2.29 bits per heavy atom. The summed E-state index contributed by atoms with van der Waals surface area (Å²) < 4.78 is 13.6. The largest absolute Gasteiger partial charge is 0.324 e. The van der Waals surface area contributed by atoms with Crippen LogP contribution in [0.2, 0.25) is 0 Å². The molecule has 0 bridgehead atoms. The van der Waals surface area contributed by atoms with Gasteiger partial charge in [0.1, 0.15) is 5.82 Å². The Morgan fingerprint density at radius 1 is 1.48 bits per heavy atom. The molecule has 0 radical (unpaired) electrons. The molecule has 1 unspecified atom stereocenters. The van der Waals surface area contributed by atoms with Gasteiger partial charge in [-0.2, -0.15) is 0 Å². The molecule has 2 amide bonds. The van der Waals surface area contributed by atoms with Gasteiger partial charge in [0.25, 0.3) is 0 Å². The Morgan fingerprint density at radius 3 is 2.95 bits per heavy atom. The predicted octanol–water partition coefficient (Wildman–Crippen LogP) is 3.07. The van der Waals surface area contributed by atoms with Gasteiger partial charge in [-0.25, -0.2) is 9.18 Å². The van der Waals surface area contributed by atoms with Crippen molar-refractivity contribution in [3.05, 3.63) is 30.1 Å². The number of nitrogens with one attached hydrogen (secondary N) is 2. The van der Waals surface area contributed by atoms with Crippen LogP contribution in [0.4, 0.5) is 14.9 Å². The van der Waals surface area contributed by atoms with E-state index in [9.17, 15) is 9.18 Å². The Bertz CT molecular complexity index is 461. The number of piperidine rings is 1. The zero-order chi connectivity index (χ0) is 15.1. The molecule has 1 aliphatic heterocycles. The van der Waals surface area contributed by atoms with Crippen LogP contribution in [0.5, 0.6) is 0 Å². The standard InChI is InChI=1S/C16H24FN3O/c1-2-10-20(12-13-6-5-9-18-11-13)16(21)19-15-8-4-3-7-14(15)17/h3-4,7-8,13,18H,2,5-6,9-12H2,1H3,(H,19,21). The first kappa shape index (κ1) is 15.8. The molecular formula is C16H24FN3O. The number of carbonyl (C=O) groups is 1. The summed E-state index contributed by atoms with van der Waals surface area (Å²) in [6.45, 7) is 5.47. The van der Waals surface area contributed by atoms with Crippen molar-refractivity contribution in [1.82, 2.24) is 10.2 Å². The molecule has 21 heavy (non-hydrogen) atoms. The van der Waals surface area contributed by atoms with E-state index in [0.29, 0.717) is 12.5 Å². The van der Waals surface area contributed by atoms with Crippen molar-refractivity contribution in [2.75, 3.05) is 31.5 Å². The average molecular weight is 293 g/mol. The van der Waals surface area contributed by atoms with Crippen molar-refractivity contribution >= 4 is 11.7 Å². The molecule has 1 atom stereocenters. The fourth-order valence-corrected chi connectivity index (χ4v) is 2.69. The SMILES string of the molecule is CCCN(CC1CCCNC1)C(=O)Nc1ccccc1F. The number of para-hydroxylation sites is 1. The number of benzene rings is 1. The normalized spacial score (nSPS) is 18.3. The highest BCUT2D eigenvalue weighted by atomic mass is 19.1. The highest BCUT2D eigenvalue weighted by molar-refractivity contribution is 5.89. The molecule has 1 saturated heterocycles. The van der Waals surface area contributed by atoms with E-state index in [2.05, 4.69) is 10.6 Å². The number of rotatable bonds is 5. The van der Waals surface area contributed by atoms with Gasteiger partial charge >= 0.3 is 6.03 Å². The van der Waals surface area contributed by atoms with E-state index in [0.717, 1.165) is 38.9 Å². The Balaban J connectivity index is 1.96. The number of halogens is 1. The van der Waals surface area contributed by atoms with E-state index in [1.807, 2.05) is 6.92 Å². The van der Waals surface area contributed by atoms with Gasteiger partial charge in [0.15, 0.2) is 0 Å². The summed E-state index contributed by atoms with van der Waals surface area (Å²) >= 11 is 0. The van der Waals surface area contributed by atoms with Crippen molar-refractivity contribution in [2.24, 2.45) is 5.92 Å². The first-order valence-electron chi connectivity index (χ1n) is 7.72. The zero-order valence-electron chi connectivity index (χ0n) is 12.6. The van der Waals surface area contributed by atoms with E-state index in [1.165, 1.54) is 6.07 Å². The minimum atomic E-state index is -0.401. The average Bonchev–Trinajstić information content (AvgIpc) is 2.50. The lowest BCUT2D eigenvalue weighted by Crippen LogP contribution is -2.43. The second-order valence-corrected chi connectivity index (χ2v) is 5.57. The van der Waals surface area contributed by atoms with Crippen molar-refractivity contribution in [3.8, 4) is 0 Å². The number of carbonyl (C=O) groups excluding carboxylic acids is 1. The van der Waals surface area contributed by atoms with Crippen LogP contribution >= 0.6 is 0 Å². The smallest absolute Gasteiger partial charge is 0.321 e. The summed E-state index contributed by atoms with van der Waals surface area (Å²) in [6.07, 6.45) is 3.19. The van der Waals surface area contributed by atoms with Crippen LogP contribution in [0.25, 0.3) is 0 Å². The molecule has 1 aliphatic rings. The van der Waals surface area contributed by atoms with Gasteiger partial charge in [0.05, 0.1) is 5.69 Å². The molecule has 1 heterocycles.